The van der Waals surface area contributed by atoms with E-state index in [2.05, 4.69) is 20.5 Å². The maximum atomic E-state index is 13.7. The van der Waals surface area contributed by atoms with Crippen LogP contribution in [0.4, 0.5) is 14.7 Å². The zero-order chi connectivity index (χ0) is 15.8. The predicted octanol–water partition coefficient (Wildman–Crippen LogP) is 5.35. The van der Waals surface area contributed by atoms with Crippen molar-refractivity contribution in [3.05, 3.63) is 53.3 Å². The molecule has 23 heavy (non-hydrogen) atoms. The summed E-state index contributed by atoms with van der Waals surface area (Å²) in [6.45, 7) is 0. The van der Waals surface area contributed by atoms with Crippen LogP contribution in [0.3, 0.4) is 0 Å². The molecule has 0 radical (unpaired) electrons. The average Bonchev–Trinajstić information content (AvgIpc) is 3.16. The van der Waals surface area contributed by atoms with Crippen molar-refractivity contribution in [2.24, 2.45) is 0 Å². The second-order valence-corrected chi connectivity index (χ2v) is 7.04. The minimum atomic E-state index is -0.333. The lowest BCUT2D eigenvalue weighted by molar-refractivity contribution is 0.637. The van der Waals surface area contributed by atoms with Crippen LogP contribution in [0.1, 0.15) is 0 Å². The number of nitrogens with one attached hydrogen (secondary N) is 1. The SMILES string of the molecule is Fc1cccc2sc(Nc3nnc(-c4ccccc4Cl)s3)nc12. The van der Waals surface area contributed by atoms with Crippen LogP contribution < -0.4 is 5.32 Å². The normalized spacial score (nSPS) is 11.0. The highest BCUT2D eigenvalue weighted by molar-refractivity contribution is 7.23. The number of halogens is 2. The van der Waals surface area contributed by atoms with Gasteiger partial charge >= 0.3 is 0 Å². The first-order chi connectivity index (χ1) is 11.2. The Hall–Kier alpha value is -2.09. The highest BCUT2D eigenvalue weighted by Gasteiger charge is 2.12. The van der Waals surface area contributed by atoms with Gasteiger partial charge in [-0.25, -0.2) is 9.37 Å². The maximum absolute atomic E-state index is 13.7. The Labute approximate surface area is 143 Å². The Balaban J connectivity index is 1.64. The number of rotatable bonds is 3. The summed E-state index contributed by atoms with van der Waals surface area (Å²) >= 11 is 8.89. The molecule has 0 saturated heterocycles. The Bertz CT molecular complexity index is 998. The summed E-state index contributed by atoms with van der Waals surface area (Å²) in [5.74, 6) is -0.333. The van der Waals surface area contributed by atoms with E-state index in [4.69, 9.17) is 11.6 Å². The number of nitrogens with zero attached hydrogens (tertiary/aromatic N) is 3. The van der Waals surface area contributed by atoms with Crippen molar-refractivity contribution in [3.8, 4) is 10.6 Å². The monoisotopic (exact) mass is 362 g/mol. The Morgan fingerprint density at radius 2 is 1.83 bits per heavy atom. The number of aromatic nitrogens is 3. The smallest absolute Gasteiger partial charge is 0.212 e. The predicted molar refractivity (Wildman–Crippen MR) is 93.2 cm³/mol. The molecular weight excluding hydrogens is 355 g/mol. The van der Waals surface area contributed by atoms with Crippen molar-refractivity contribution < 1.29 is 4.39 Å². The molecule has 4 rings (SSSR count). The zero-order valence-corrected chi connectivity index (χ0v) is 13.8. The van der Waals surface area contributed by atoms with E-state index in [1.807, 2.05) is 30.3 Å². The van der Waals surface area contributed by atoms with E-state index in [9.17, 15) is 4.39 Å². The number of thiazole rings is 1. The summed E-state index contributed by atoms with van der Waals surface area (Å²) < 4.78 is 14.5. The van der Waals surface area contributed by atoms with Crippen molar-refractivity contribution in [1.29, 1.82) is 0 Å². The molecule has 0 aliphatic heterocycles. The minimum absolute atomic E-state index is 0.333. The van der Waals surface area contributed by atoms with Gasteiger partial charge in [-0.2, -0.15) is 0 Å². The van der Waals surface area contributed by atoms with Gasteiger partial charge in [-0.15, -0.1) is 10.2 Å². The first-order valence-electron chi connectivity index (χ1n) is 6.61. The topological polar surface area (TPSA) is 50.7 Å². The molecule has 8 heteroatoms. The largest absolute Gasteiger partial charge is 0.306 e. The number of anilines is 2. The Morgan fingerprint density at radius 1 is 0.957 bits per heavy atom. The summed E-state index contributed by atoms with van der Waals surface area (Å²) in [6, 6.07) is 12.3. The fraction of sp³-hybridized carbons (Fsp3) is 0. The second kappa shape index (κ2) is 5.84. The van der Waals surface area contributed by atoms with Gasteiger partial charge in [0.25, 0.3) is 0 Å². The molecule has 2 aromatic carbocycles. The Kier molecular flexibility index (Phi) is 3.68. The fourth-order valence-electron chi connectivity index (χ4n) is 2.08. The fourth-order valence-corrected chi connectivity index (χ4v) is 4.08. The molecule has 0 aliphatic rings. The maximum Gasteiger partial charge on any atom is 0.212 e. The van der Waals surface area contributed by atoms with Crippen LogP contribution in [0.5, 0.6) is 0 Å². The number of fused-ring (bicyclic) bond motifs is 1. The zero-order valence-electron chi connectivity index (χ0n) is 11.5. The first-order valence-corrected chi connectivity index (χ1v) is 8.62. The average molecular weight is 363 g/mol. The molecule has 0 spiro atoms. The van der Waals surface area contributed by atoms with E-state index in [0.717, 1.165) is 10.3 Å². The van der Waals surface area contributed by atoms with Gasteiger partial charge < -0.3 is 5.32 Å². The van der Waals surface area contributed by atoms with Gasteiger partial charge in [-0.05, 0) is 18.2 Å². The van der Waals surface area contributed by atoms with Crippen molar-refractivity contribution in [2.45, 2.75) is 0 Å². The van der Waals surface area contributed by atoms with E-state index < -0.39 is 0 Å². The van der Waals surface area contributed by atoms with Gasteiger partial charge in [-0.1, -0.05) is 58.5 Å². The summed E-state index contributed by atoms with van der Waals surface area (Å²) in [6.07, 6.45) is 0. The molecule has 0 aliphatic carbocycles. The highest BCUT2D eigenvalue weighted by Crippen LogP contribution is 2.34. The summed E-state index contributed by atoms with van der Waals surface area (Å²) in [7, 11) is 0. The number of para-hydroxylation sites is 1. The van der Waals surface area contributed by atoms with E-state index in [-0.39, 0.29) is 5.82 Å². The van der Waals surface area contributed by atoms with Gasteiger partial charge in [0.2, 0.25) is 5.13 Å². The standard InChI is InChI=1S/C15H8ClFN4S2/c16-9-5-2-1-4-8(9)13-20-21-15(23-13)19-14-18-12-10(17)6-3-7-11(12)22-14/h1-7H,(H,18,19,21). The summed E-state index contributed by atoms with van der Waals surface area (Å²) in [4.78, 5) is 4.25. The molecule has 0 fully saturated rings. The van der Waals surface area contributed by atoms with Crippen LogP contribution in [0.25, 0.3) is 20.8 Å². The molecule has 1 N–H and O–H groups in total. The van der Waals surface area contributed by atoms with Gasteiger partial charge in [0.05, 0.1) is 9.72 Å². The third-order valence-corrected chi connectivity index (χ3v) is 5.25. The van der Waals surface area contributed by atoms with Crippen molar-refractivity contribution >= 4 is 54.8 Å². The highest BCUT2D eigenvalue weighted by atomic mass is 35.5. The van der Waals surface area contributed by atoms with E-state index in [0.29, 0.717) is 25.8 Å². The van der Waals surface area contributed by atoms with Crippen LogP contribution in [-0.2, 0) is 0 Å². The second-order valence-electron chi connectivity index (χ2n) is 4.62. The molecule has 2 heterocycles. The molecule has 114 valence electrons. The van der Waals surface area contributed by atoms with Gasteiger partial charge in [0, 0.05) is 5.56 Å². The molecule has 0 amide bonds. The molecule has 0 bridgehead atoms. The van der Waals surface area contributed by atoms with Crippen molar-refractivity contribution in [2.75, 3.05) is 5.32 Å². The van der Waals surface area contributed by atoms with E-state index in [1.54, 1.807) is 6.07 Å². The lowest BCUT2D eigenvalue weighted by Crippen LogP contribution is -1.88. The number of hydrogen-bond donors (Lipinski definition) is 1. The van der Waals surface area contributed by atoms with Gasteiger partial charge in [0.15, 0.2) is 10.1 Å². The first kappa shape index (κ1) is 14.5. The van der Waals surface area contributed by atoms with Crippen LogP contribution in [0.2, 0.25) is 5.02 Å². The molecular formula is C15H8ClFN4S2. The molecule has 2 aromatic heterocycles. The van der Waals surface area contributed by atoms with Crippen LogP contribution in [0.15, 0.2) is 42.5 Å². The third kappa shape index (κ3) is 2.78. The molecule has 4 nitrogen and oxygen atoms in total. The van der Waals surface area contributed by atoms with E-state index >= 15 is 0 Å². The quantitative estimate of drug-likeness (QED) is 0.533. The third-order valence-electron chi connectivity index (χ3n) is 3.11. The lowest BCUT2D eigenvalue weighted by Gasteiger charge is -1.97. The van der Waals surface area contributed by atoms with E-state index in [1.165, 1.54) is 28.7 Å². The summed E-state index contributed by atoms with van der Waals surface area (Å²) in [5, 5.41) is 13.8. The van der Waals surface area contributed by atoms with Crippen LogP contribution >= 0.6 is 34.3 Å². The molecule has 0 unspecified atom stereocenters. The molecule has 0 saturated carbocycles. The van der Waals surface area contributed by atoms with Crippen LogP contribution in [0, 0.1) is 5.82 Å². The Morgan fingerprint density at radius 3 is 2.65 bits per heavy atom. The van der Waals surface area contributed by atoms with Crippen LogP contribution in [-0.4, -0.2) is 15.2 Å². The number of benzene rings is 2. The summed E-state index contributed by atoms with van der Waals surface area (Å²) in [5.41, 5.74) is 1.19. The minimum Gasteiger partial charge on any atom is -0.306 e. The van der Waals surface area contributed by atoms with Gasteiger partial charge in [-0.3, -0.25) is 0 Å². The van der Waals surface area contributed by atoms with Gasteiger partial charge in [0.1, 0.15) is 11.3 Å². The lowest BCUT2D eigenvalue weighted by atomic mass is 10.2. The molecule has 0 atom stereocenters. The van der Waals surface area contributed by atoms with Crippen molar-refractivity contribution in [3.63, 3.8) is 0 Å². The number of hydrogen-bond acceptors (Lipinski definition) is 6. The van der Waals surface area contributed by atoms with Crippen molar-refractivity contribution in [1.82, 2.24) is 15.2 Å². The molecule has 4 aromatic rings.